The third kappa shape index (κ3) is 2.07. The van der Waals surface area contributed by atoms with E-state index in [-0.39, 0.29) is 0 Å². The van der Waals surface area contributed by atoms with Gasteiger partial charge in [-0.3, -0.25) is 0 Å². The Kier molecular flexibility index (Phi) is 3.10. The Morgan fingerprint density at radius 1 is 1.27 bits per heavy atom. The smallest absolute Gasteiger partial charge is 0.113 e. The Balaban J connectivity index is 2.42. The number of hydrogen-bond donors (Lipinski definition) is 1. The normalized spacial score (nSPS) is 12.7. The van der Waals surface area contributed by atoms with Crippen molar-refractivity contribution in [3.63, 3.8) is 0 Å². The van der Waals surface area contributed by atoms with Gasteiger partial charge in [0.05, 0.1) is 0 Å². The predicted molar refractivity (Wildman–Crippen MR) is 64.6 cm³/mol. The second-order valence-electron chi connectivity index (χ2n) is 3.37. The van der Waals surface area contributed by atoms with E-state index in [1.807, 2.05) is 42.6 Å². The zero-order valence-corrected chi connectivity index (χ0v) is 9.85. The van der Waals surface area contributed by atoms with Gasteiger partial charge < -0.3 is 5.11 Å². The van der Waals surface area contributed by atoms with Crippen molar-refractivity contribution >= 4 is 22.9 Å². The molecule has 0 fully saturated rings. The summed E-state index contributed by atoms with van der Waals surface area (Å²) in [7, 11) is 0. The molecule has 2 aromatic rings. The SMILES string of the molecule is Cc1c(Cl)cccc1C(O)c1cccs1. The van der Waals surface area contributed by atoms with Gasteiger partial charge in [0.2, 0.25) is 0 Å². The summed E-state index contributed by atoms with van der Waals surface area (Å²) >= 11 is 7.56. The van der Waals surface area contributed by atoms with Crippen LogP contribution in [0.2, 0.25) is 5.02 Å². The number of halogens is 1. The molecule has 1 aromatic carbocycles. The minimum atomic E-state index is -0.566. The summed E-state index contributed by atoms with van der Waals surface area (Å²) in [5, 5.41) is 12.8. The van der Waals surface area contributed by atoms with Crippen molar-refractivity contribution in [1.29, 1.82) is 0 Å². The van der Waals surface area contributed by atoms with E-state index in [4.69, 9.17) is 11.6 Å². The van der Waals surface area contributed by atoms with Crippen LogP contribution in [0.3, 0.4) is 0 Å². The number of thiophene rings is 1. The molecule has 0 radical (unpaired) electrons. The quantitative estimate of drug-likeness (QED) is 0.844. The van der Waals surface area contributed by atoms with Crippen LogP contribution in [0.4, 0.5) is 0 Å². The second-order valence-corrected chi connectivity index (χ2v) is 4.76. The van der Waals surface area contributed by atoms with Crippen molar-refractivity contribution in [2.75, 3.05) is 0 Å². The standard InChI is InChI=1S/C12H11ClOS/c1-8-9(4-2-5-10(8)13)12(14)11-6-3-7-15-11/h2-7,12,14H,1H3. The maximum atomic E-state index is 10.1. The Morgan fingerprint density at radius 2 is 2.07 bits per heavy atom. The van der Waals surface area contributed by atoms with E-state index in [1.165, 1.54) is 0 Å². The van der Waals surface area contributed by atoms with Gasteiger partial charge in [0.1, 0.15) is 6.10 Å². The fraction of sp³-hybridized carbons (Fsp3) is 0.167. The van der Waals surface area contributed by atoms with Gasteiger partial charge in [0, 0.05) is 9.90 Å². The van der Waals surface area contributed by atoms with Gasteiger partial charge in [-0.1, -0.05) is 29.8 Å². The lowest BCUT2D eigenvalue weighted by atomic mass is 10.0. The summed E-state index contributed by atoms with van der Waals surface area (Å²) in [5.41, 5.74) is 1.82. The van der Waals surface area contributed by atoms with Gasteiger partial charge >= 0.3 is 0 Å². The first-order valence-electron chi connectivity index (χ1n) is 4.66. The van der Waals surface area contributed by atoms with Crippen molar-refractivity contribution in [3.8, 4) is 0 Å². The van der Waals surface area contributed by atoms with Crippen LogP contribution in [-0.2, 0) is 0 Å². The average molecular weight is 239 g/mol. The van der Waals surface area contributed by atoms with Gasteiger partial charge in [-0.15, -0.1) is 11.3 Å². The zero-order valence-electron chi connectivity index (χ0n) is 8.27. The molecule has 0 aliphatic carbocycles. The fourth-order valence-electron chi connectivity index (χ4n) is 1.52. The molecule has 0 bridgehead atoms. The van der Waals surface area contributed by atoms with Crippen molar-refractivity contribution < 1.29 is 5.11 Å². The molecule has 0 amide bonds. The Morgan fingerprint density at radius 3 is 2.73 bits per heavy atom. The van der Waals surface area contributed by atoms with Gasteiger partial charge in [0.25, 0.3) is 0 Å². The largest absolute Gasteiger partial charge is 0.383 e. The van der Waals surface area contributed by atoms with Crippen molar-refractivity contribution in [3.05, 3.63) is 56.7 Å². The van der Waals surface area contributed by atoms with Crippen LogP contribution in [0.5, 0.6) is 0 Å². The molecule has 0 aliphatic heterocycles. The minimum absolute atomic E-state index is 0.566. The van der Waals surface area contributed by atoms with E-state index in [9.17, 15) is 5.11 Å². The maximum absolute atomic E-state index is 10.1. The van der Waals surface area contributed by atoms with Crippen molar-refractivity contribution in [2.45, 2.75) is 13.0 Å². The molecule has 1 nitrogen and oxygen atoms in total. The van der Waals surface area contributed by atoms with Gasteiger partial charge in [0.15, 0.2) is 0 Å². The molecule has 3 heteroatoms. The first kappa shape index (κ1) is 10.7. The number of hydrogen-bond acceptors (Lipinski definition) is 2. The predicted octanol–water partition coefficient (Wildman–Crippen LogP) is 3.79. The first-order chi connectivity index (χ1) is 7.20. The molecule has 2 rings (SSSR count). The molecule has 1 heterocycles. The van der Waals surface area contributed by atoms with E-state index in [0.717, 1.165) is 16.0 Å². The van der Waals surface area contributed by atoms with Gasteiger partial charge in [-0.05, 0) is 35.6 Å². The molecule has 1 unspecified atom stereocenters. The van der Waals surface area contributed by atoms with E-state index >= 15 is 0 Å². The van der Waals surface area contributed by atoms with Crippen LogP contribution < -0.4 is 0 Å². The number of aliphatic hydroxyl groups excluding tert-OH is 1. The molecule has 0 spiro atoms. The topological polar surface area (TPSA) is 20.2 Å². The summed E-state index contributed by atoms with van der Waals surface area (Å²) in [5.74, 6) is 0. The second kappa shape index (κ2) is 4.35. The summed E-state index contributed by atoms with van der Waals surface area (Å²) < 4.78 is 0. The monoisotopic (exact) mass is 238 g/mol. The Bertz CT molecular complexity index is 451. The lowest BCUT2D eigenvalue weighted by molar-refractivity contribution is 0.223. The van der Waals surface area contributed by atoms with E-state index < -0.39 is 6.10 Å². The third-order valence-electron chi connectivity index (χ3n) is 2.42. The Labute approximate surface area is 98.0 Å². The van der Waals surface area contributed by atoms with Crippen LogP contribution in [0, 0.1) is 6.92 Å². The summed E-state index contributed by atoms with van der Waals surface area (Å²) in [6, 6.07) is 9.47. The highest BCUT2D eigenvalue weighted by Crippen LogP contribution is 2.30. The molecule has 1 aromatic heterocycles. The van der Waals surface area contributed by atoms with E-state index in [1.54, 1.807) is 11.3 Å². The third-order valence-corrected chi connectivity index (χ3v) is 3.75. The molecule has 15 heavy (non-hydrogen) atoms. The number of benzene rings is 1. The van der Waals surface area contributed by atoms with Crippen LogP contribution in [0.25, 0.3) is 0 Å². The van der Waals surface area contributed by atoms with Gasteiger partial charge in [-0.2, -0.15) is 0 Å². The molecular weight excluding hydrogens is 228 g/mol. The highest BCUT2D eigenvalue weighted by atomic mass is 35.5. The van der Waals surface area contributed by atoms with Gasteiger partial charge in [-0.25, -0.2) is 0 Å². The zero-order chi connectivity index (χ0) is 10.8. The Hall–Kier alpha value is -0.830. The number of aliphatic hydroxyl groups is 1. The molecule has 78 valence electrons. The van der Waals surface area contributed by atoms with E-state index in [2.05, 4.69) is 0 Å². The lowest BCUT2D eigenvalue weighted by Gasteiger charge is -2.12. The lowest BCUT2D eigenvalue weighted by Crippen LogP contribution is -1.99. The van der Waals surface area contributed by atoms with Crippen LogP contribution >= 0.6 is 22.9 Å². The van der Waals surface area contributed by atoms with Crippen molar-refractivity contribution in [1.82, 2.24) is 0 Å². The molecule has 0 aliphatic rings. The van der Waals surface area contributed by atoms with Crippen molar-refractivity contribution in [2.24, 2.45) is 0 Å². The maximum Gasteiger partial charge on any atom is 0.113 e. The summed E-state index contributed by atoms with van der Waals surface area (Å²) in [6.07, 6.45) is -0.566. The van der Waals surface area contributed by atoms with Crippen LogP contribution in [0.15, 0.2) is 35.7 Å². The highest BCUT2D eigenvalue weighted by Gasteiger charge is 2.14. The molecule has 0 saturated carbocycles. The van der Waals surface area contributed by atoms with E-state index in [0.29, 0.717) is 5.02 Å². The minimum Gasteiger partial charge on any atom is -0.383 e. The molecular formula is C12H11ClOS. The fourth-order valence-corrected chi connectivity index (χ4v) is 2.43. The average Bonchev–Trinajstić information content (AvgIpc) is 2.74. The molecule has 1 atom stereocenters. The molecule has 0 saturated heterocycles. The first-order valence-corrected chi connectivity index (χ1v) is 5.92. The summed E-state index contributed by atoms with van der Waals surface area (Å²) in [4.78, 5) is 0.945. The molecule has 1 N–H and O–H groups in total. The number of rotatable bonds is 2. The van der Waals surface area contributed by atoms with Crippen LogP contribution in [-0.4, -0.2) is 5.11 Å². The highest BCUT2D eigenvalue weighted by molar-refractivity contribution is 7.10. The summed E-state index contributed by atoms with van der Waals surface area (Å²) in [6.45, 7) is 1.93. The van der Waals surface area contributed by atoms with Crippen LogP contribution in [0.1, 0.15) is 22.1 Å².